The number of rotatable bonds is 3. The lowest BCUT2D eigenvalue weighted by atomic mass is 9.93. The van der Waals surface area contributed by atoms with E-state index in [1.807, 2.05) is 18.2 Å². The molecular weight excluding hydrogens is 200 g/mol. The van der Waals surface area contributed by atoms with E-state index in [1.165, 1.54) is 19.3 Å². The summed E-state index contributed by atoms with van der Waals surface area (Å²) in [6, 6.07) is 8.64. The Labute approximate surface area is 96.5 Å². The molecule has 0 spiro atoms. The van der Waals surface area contributed by atoms with Gasteiger partial charge in [-0.3, -0.25) is 4.79 Å². The molecule has 0 aliphatic heterocycles. The average Bonchev–Trinajstić information content (AvgIpc) is 2.23. The number of carbonyl (C=O) groups is 1. The number of hydrogen-bond acceptors (Lipinski definition) is 2. The summed E-state index contributed by atoms with van der Waals surface area (Å²) < 4.78 is 0. The molecule has 2 rings (SSSR count). The third-order valence-corrected chi connectivity index (χ3v) is 3.18. The second-order valence-electron chi connectivity index (χ2n) is 4.40. The van der Waals surface area contributed by atoms with E-state index in [9.17, 15) is 4.79 Å². The van der Waals surface area contributed by atoms with Crippen LogP contribution in [-0.4, -0.2) is 19.0 Å². The Bertz CT molecular complexity index is 385. The molecule has 0 aromatic heterocycles. The molecule has 0 bridgehead atoms. The Morgan fingerprint density at radius 2 is 2.19 bits per heavy atom. The van der Waals surface area contributed by atoms with Gasteiger partial charge in [-0.2, -0.15) is 0 Å². The van der Waals surface area contributed by atoms with Crippen LogP contribution in [0.2, 0.25) is 0 Å². The SMILES string of the molecule is CC(=O)N(C)c1cccc(NC2CCC2)c1. The number of benzene rings is 1. The molecule has 0 atom stereocenters. The molecule has 1 N–H and O–H groups in total. The lowest BCUT2D eigenvalue weighted by molar-refractivity contribution is -0.116. The van der Waals surface area contributed by atoms with Crippen molar-refractivity contribution in [3.05, 3.63) is 24.3 Å². The zero-order valence-electron chi connectivity index (χ0n) is 9.86. The lowest BCUT2D eigenvalue weighted by Gasteiger charge is -2.28. The van der Waals surface area contributed by atoms with Crippen molar-refractivity contribution in [3.8, 4) is 0 Å². The van der Waals surface area contributed by atoms with Gasteiger partial charge in [0.05, 0.1) is 0 Å². The highest BCUT2D eigenvalue weighted by Gasteiger charge is 2.17. The van der Waals surface area contributed by atoms with Crippen molar-refractivity contribution in [1.82, 2.24) is 0 Å². The lowest BCUT2D eigenvalue weighted by Crippen LogP contribution is -2.27. The molecule has 1 amide bonds. The molecule has 1 saturated carbocycles. The Morgan fingerprint density at radius 1 is 1.44 bits per heavy atom. The molecule has 0 radical (unpaired) electrons. The third kappa shape index (κ3) is 2.35. The van der Waals surface area contributed by atoms with Crippen molar-refractivity contribution in [1.29, 1.82) is 0 Å². The average molecular weight is 218 g/mol. The van der Waals surface area contributed by atoms with Crippen LogP contribution in [0.4, 0.5) is 11.4 Å². The number of anilines is 2. The summed E-state index contributed by atoms with van der Waals surface area (Å²) in [4.78, 5) is 12.9. The van der Waals surface area contributed by atoms with E-state index >= 15 is 0 Å². The van der Waals surface area contributed by atoms with E-state index in [4.69, 9.17) is 0 Å². The number of hydrogen-bond donors (Lipinski definition) is 1. The molecule has 3 heteroatoms. The highest BCUT2D eigenvalue weighted by molar-refractivity contribution is 5.91. The van der Waals surface area contributed by atoms with Gasteiger partial charge in [-0.1, -0.05) is 6.07 Å². The number of amides is 1. The van der Waals surface area contributed by atoms with Crippen LogP contribution in [0.3, 0.4) is 0 Å². The molecule has 16 heavy (non-hydrogen) atoms. The first-order chi connectivity index (χ1) is 7.66. The van der Waals surface area contributed by atoms with Crippen LogP contribution in [0.5, 0.6) is 0 Å². The van der Waals surface area contributed by atoms with Gasteiger partial charge in [0.1, 0.15) is 0 Å². The minimum Gasteiger partial charge on any atom is -0.382 e. The molecule has 0 heterocycles. The second-order valence-corrected chi connectivity index (χ2v) is 4.40. The van der Waals surface area contributed by atoms with Crippen LogP contribution in [0.15, 0.2) is 24.3 Å². The first kappa shape index (κ1) is 11.0. The predicted molar refractivity (Wildman–Crippen MR) is 66.8 cm³/mol. The molecule has 0 unspecified atom stereocenters. The molecule has 1 aromatic rings. The summed E-state index contributed by atoms with van der Waals surface area (Å²) in [5.74, 6) is 0.0563. The van der Waals surface area contributed by atoms with Gasteiger partial charge in [0.25, 0.3) is 0 Å². The summed E-state index contributed by atoms with van der Waals surface area (Å²) in [5, 5.41) is 3.47. The van der Waals surface area contributed by atoms with Gasteiger partial charge < -0.3 is 10.2 Å². The topological polar surface area (TPSA) is 32.3 Å². The molecular formula is C13H18N2O. The molecule has 1 aromatic carbocycles. The Hall–Kier alpha value is -1.51. The minimum absolute atomic E-state index is 0.0563. The minimum atomic E-state index is 0.0563. The van der Waals surface area contributed by atoms with Gasteiger partial charge in [0.2, 0.25) is 5.91 Å². The number of nitrogens with one attached hydrogen (secondary N) is 1. The molecule has 3 nitrogen and oxygen atoms in total. The van der Waals surface area contributed by atoms with Gasteiger partial charge >= 0.3 is 0 Å². The number of nitrogens with zero attached hydrogens (tertiary/aromatic N) is 1. The van der Waals surface area contributed by atoms with Crippen molar-refractivity contribution in [3.63, 3.8) is 0 Å². The van der Waals surface area contributed by atoms with Gasteiger partial charge in [-0.25, -0.2) is 0 Å². The van der Waals surface area contributed by atoms with Crippen molar-refractivity contribution < 1.29 is 4.79 Å². The second kappa shape index (κ2) is 4.56. The summed E-state index contributed by atoms with van der Waals surface area (Å²) >= 11 is 0. The van der Waals surface area contributed by atoms with Gasteiger partial charge in [0, 0.05) is 31.4 Å². The smallest absolute Gasteiger partial charge is 0.223 e. The van der Waals surface area contributed by atoms with Crippen LogP contribution in [-0.2, 0) is 4.79 Å². The van der Waals surface area contributed by atoms with Crippen molar-refractivity contribution in [2.24, 2.45) is 0 Å². The fourth-order valence-electron chi connectivity index (χ4n) is 1.77. The van der Waals surface area contributed by atoms with E-state index in [0.717, 1.165) is 11.4 Å². The summed E-state index contributed by atoms with van der Waals surface area (Å²) in [7, 11) is 1.80. The summed E-state index contributed by atoms with van der Waals surface area (Å²) in [5.41, 5.74) is 2.05. The van der Waals surface area contributed by atoms with E-state index in [-0.39, 0.29) is 5.91 Å². The van der Waals surface area contributed by atoms with Gasteiger partial charge in [-0.05, 0) is 37.5 Å². The van der Waals surface area contributed by atoms with Crippen LogP contribution >= 0.6 is 0 Å². The largest absolute Gasteiger partial charge is 0.382 e. The molecule has 1 fully saturated rings. The summed E-state index contributed by atoms with van der Waals surface area (Å²) in [6.07, 6.45) is 3.84. The third-order valence-electron chi connectivity index (χ3n) is 3.18. The Kier molecular flexibility index (Phi) is 3.13. The predicted octanol–water partition coefficient (Wildman–Crippen LogP) is 2.63. The highest BCUT2D eigenvalue weighted by Crippen LogP contribution is 2.25. The fraction of sp³-hybridized carbons (Fsp3) is 0.462. The van der Waals surface area contributed by atoms with Crippen molar-refractivity contribution >= 4 is 17.3 Å². The first-order valence-corrected chi connectivity index (χ1v) is 5.78. The number of carbonyl (C=O) groups excluding carboxylic acids is 1. The van der Waals surface area contributed by atoms with Gasteiger partial charge in [-0.15, -0.1) is 0 Å². The zero-order valence-corrected chi connectivity index (χ0v) is 9.86. The molecule has 0 saturated heterocycles. The molecule has 1 aliphatic carbocycles. The summed E-state index contributed by atoms with van der Waals surface area (Å²) in [6.45, 7) is 1.58. The maximum Gasteiger partial charge on any atom is 0.223 e. The van der Waals surface area contributed by atoms with Gasteiger partial charge in [0.15, 0.2) is 0 Å². The monoisotopic (exact) mass is 218 g/mol. The maximum absolute atomic E-state index is 11.3. The van der Waals surface area contributed by atoms with Crippen LogP contribution < -0.4 is 10.2 Å². The standard InChI is InChI=1S/C13H18N2O/c1-10(16)15(2)13-8-4-7-12(9-13)14-11-5-3-6-11/h4,7-9,11,14H,3,5-6H2,1-2H3. The Balaban J connectivity index is 2.08. The maximum atomic E-state index is 11.3. The van der Waals surface area contributed by atoms with E-state index in [0.29, 0.717) is 6.04 Å². The zero-order chi connectivity index (χ0) is 11.5. The Morgan fingerprint density at radius 3 is 2.75 bits per heavy atom. The van der Waals surface area contributed by atoms with Crippen LogP contribution in [0.25, 0.3) is 0 Å². The van der Waals surface area contributed by atoms with E-state index in [2.05, 4.69) is 11.4 Å². The molecule has 1 aliphatic rings. The fourth-order valence-corrected chi connectivity index (χ4v) is 1.77. The first-order valence-electron chi connectivity index (χ1n) is 5.78. The molecule has 86 valence electrons. The van der Waals surface area contributed by atoms with E-state index in [1.54, 1.807) is 18.9 Å². The van der Waals surface area contributed by atoms with E-state index < -0.39 is 0 Å². The highest BCUT2D eigenvalue weighted by atomic mass is 16.2. The van der Waals surface area contributed by atoms with Crippen molar-refractivity contribution in [2.45, 2.75) is 32.2 Å². The normalized spacial score (nSPS) is 15.4. The quantitative estimate of drug-likeness (QED) is 0.845. The van der Waals surface area contributed by atoms with Crippen LogP contribution in [0.1, 0.15) is 26.2 Å². The van der Waals surface area contributed by atoms with Crippen LogP contribution in [0, 0.1) is 0 Å². The van der Waals surface area contributed by atoms with Crippen molar-refractivity contribution in [2.75, 3.05) is 17.3 Å².